The summed E-state index contributed by atoms with van der Waals surface area (Å²) in [6.07, 6.45) is 0. The Bertz CT molecular complexity index is 689. The molecule has 18 heavy (non-hydrogen) atoms. The average molecular weight is 319 g/mol. The highest BCUT2D eigenvalue weighted by atomic mass is 79.9. The number of aryl methyl sites for hydroxylation is 1. The van der Waals surface area contributed by atoms with Crippen LogP contribution in [0.5, 0.6) is 0 Å². The SMILES string of the molecule is Cc1ccc(Nc2nc3cc(Br)ccc3s2)cc1. The fourth-order valence-corrected chi connectivity index (χ4v) is 2.93. The van der Waals surface area contributed by atoms with Gasteiger partial charge in [-0.3, -0.25) is 0 Å². The topological polar surface area (TPSA) is 24.9 Å². The molecular formula is C14H11BrN2S. The van der Waals surface area contributed by atoms with Gasteiger partial charge >= 0.3 is 0 Å². The van der Waals surface area contributed by atoms with E-state index in [9.17, 15) is 0 Å². The third-order valence-corrected chi connectivity index (χ3v) is 4.10. The molecule has 0 spiro atoms. The molecule has 4 heteroatoms. The number of nitrogens with zero attached hydrogens (tertiary/aromatic N) is 1. The first-order valence-corrected chi connectivity index (χ1v) is 7.21. The van der Waals surface area contributed by atoms with Crippen LogP contribution in [0.1, 0.15) is 5.56 Å². The second-order valence-corrected chi connectivity index (χ2v) is 6.07. The van der Waals surface area contributed by atoms with Crippen molar-refractivity contribution in [1.29, 1.82) is 0 Å². The number of aromatic nitrogens is 1. The van der Waals surface area contributed by atoms with Gasteiger partial charge in [0.15, 0.2) is 5.13 Å². The lowest BCUT2D eigenvalue weighted by Crippen LogP contribution is -1.88. The molecule has 1 N–H and O–H groups in total. The number of hydrogen-bond donors (Lipinski definition) is 1. The van der Waals surface area contributed by atoms with E-state index in [1.165, 1.54) is 10.3 Å². The van der Waals surface area contributed by atoms with Gasteiger partial charge in [0.25, 0.3) is 0 Å². The number of benzene rings is 2. The van der Waals surface area contributed by atoms with Gasteiger partial charge in [-0.1, -0.05) is 45.0 Å². The molecule has 0 aliphatic rings. The molecule has 3 rings (SSSR count). The Morgan fingerprint density at radius 3 is 2.67 bits per heavy atom. The summed E-state index contributed by atoms with van der Waals surface area (Å²) in [5.74, 6) is 0. The first-order chi connectivity index (χ1) is 8.70. The molecule has 1 aromatic heterocycles. The largest absolute Gasteiger partial charge is 0.332 e. The molecule has 0 saturated carbocycles. The molecule has 0 amide bonds. The Hall–Kier alpha value is -1.39. The Morgan fingerprint density at radius 1 is 1.11 bits per heavy atom. The van der Waals surface area contributed by atoms with Crippen molar-refractivity contribution in [3.63, 3.8) is 0 Å². The van der Waals surface area contributed by atoms with E-state index in [1.807, 2.05) is 12.1 Å². The smallest absolute Gasteiger partial charge is 0.188 e. The third kappa shape index (κ3) is 2.40. The van der Waals surface area contributed by atoms with E-state index in [0.717, 1.165) is 20.8 Å². The van der Waals surface area contributed by atoms with Crippen LogP contribution in [0, 0.1) is 6.92 Å². The van der Waals surface area contributed by atoms with Gasteiger partial charge in [0.1, 0.15) is 0 Å². The van der Waals surface area contributed by atoms with Crippen molar-refractivity contribution in [1.82, 2.24) is 4.98 Å². The number of anilines is 2. The van der Waals surface area contributed by atoms with E-state index in [2.05, 4.69) is 63.5 Å². The monoisotopic (exact) mass is 318 g/mol. The maximum absolute atomic E-state index is 4.57. The number of rotatable bonds is 2. The maximum atomic E-state index is 4.57. The fourth-order valence-electron chi connectivity index (χ4n) is 1.71. The van der Waals surface area contributed by atoms with Gasteiger partial charge < -0.3 is 5.32 Å². The van der Waals surface area contributed by atoms with Crippen LogP contribution in [0.4, 0.5) is 10.8 Å². The van der Waals surface area contributed by atoms with Crippen LogP contribution in [0.15, 0.2) is 46.9 Å². The number of thiazole rings is 1. The lowest BCUT2D eigenvalue weighted by Gasteiger charge is -2.01. The minimum Gasteiger partial charge on any atom is -0.332 e. The van der Waals surface area contributed by atoms with E-state index < -0.39 is 0 Å². The van der Waals surface area contributed by atoms with Gasteiger partial charge in [0.2, 0.25) is 0 Å². The molecule has 0 fully saturated rings. The van der Waals surface area contributed by atoms with E-state index in [4.69, 9.17) is 0 Å². The van der Waals surface area contributed by atoms with Gasteiger partial charge in [-0.05, 0) is 37.3 Å². The minimum atomic E-state index is 0.923. The van der Waals surface area contributed by atoms with Crippen molar-refractivity contribution in [2.75, 3.05) is 5.32 Å². The van der Waals surface area contributed by atoms with Gasteiger partial charge in [-0.2, -0.15) is 0 Å². The van der Waals surface area contributed by atoms with Crippen molar-refractivity contribution in [3.8, 4) is 0 Å². The first kappa shape index (κ1) is 11.7. The molecule has 3 aromatic rings. The molecular weight excluding hydrogens is 308 g/mol. The van der Waals surface area contributed by atoms with Gasteiger partial charge in [0, 0.05) is 10.2 Å². The molecule has 0 unspecified atom stereocenters. The lowest BCUT2D eigenvalue weighted by molar-refractivity contribution is 1.42. The first-order valence-electron chi connectivity index (χ1n) is 5.60. The molecule has 0 radical (unpaired) electrons. The van der Waals surface area contributed by atoms with Crippen LogP contribution >= 0.6 is 27.3 Å². The highest BCUT2D eigenvalue weighted by molar-refractivity contribution is 9.10. The second kappa shape index (κ2) is 4.71. The quantitative estimate of drug-likeness (QED) is 0.710. The lowest BCUT2D eigenvalue weighted by atomic mass is 10.2. The normalized spacial score (nSPS) is 10.8. The summed E-state index contributed by atoms with van der Waals surface area (Å²) in [5, 5.41) is 4.26. The van der Waals surface area contributed by atoms with E-state index in [-0.39, 0.29) is 0 Å². The Balaban J connectivity index is 1.92. The molecule has 0 saturated heterocycles. The van der Waals surface area contributed by atoms with Crippen molar-refractivity contribution < 1.29 is 0 Å². The molecule has 1 heterocycles. The van der Waals surface area contributed by atoms with E-state index >= 15 is 0 Å². The predicted octanol–water partition coefficient (Wildman–Crippen LogP) is 5.11. The van der Waals surface area contributed by atoms with Gasteiger partial charge in [0.05, 0.1) is 10.2 Å². The standard InChI is InChI=1S/C14H11BrN2S/c1-9-2-5-11(6-3-9)16-14-17-12-8-10(15)4-7-13(12)18-14/h2-8H,1H3,(H,16,17). The Morgan fingerprint density at radius 2 is 1.89 bits per heavy atom. The maximum Gasteiger partial charge on any atom is 0.188 e. The second-order valence-electron chi connectivity index (χ2n) is 4.12. The molecule has 0 aliphatic carbocycles. The van der Waals surface area contributed by atoms with Gasteiger partial charge in [-0.25, -0.2) is 4.98 Å². The zero-order chi connectivity index (χ0) is 12.5. The summed E-state index contributed by atoms with van der Waals surface area (Å²) in [6.45, 7) is 2.08. The van der Waals surface area contributed by atoms with Crippen molar-refractivity contribution >= 4 is 48.3 Å². The highest BCUT2D eigenvalue weighted by Gasteiger charge is 2.04. The molecule has 0 atom stereocenters. The number of halogens is 1. The number of nitrogens with one attached hydrogen (secondary N) is 1. The predicted molar refractivity (Wildman–Crippen MR) is 81.8 cm³/mol. The Kier molecular flexibility index (Phi) is 3.06. The Labute approximate surface area is 118 Å². The summed E-state index contributed by atoms with van der Waals surface area (Å²) in [6, 6.07) is 14.5. The fraction of sp³-hybridized carbons (Fsp3) is 0.0714. The molecule has 90 valence electrons. The van der Waals surface area contributed by atoms with Crippen LogP contribution in [0.3, 0.4) is 0 Å². The molecule has 0 bridgehead atoms. The molecule has 2 aromatic carbocycles. The van der Waals surface area contributed by atoms with Crippen LogP contribution < -0.4 is 5.32 Å². The van der Waals surface area contributed by atoms with Gasteiger partial charge in [-0.15, -0.1) is 0 Å². The van der Waals surface area contributed by atoms with E-state index in [0.29, 0.717) is 0 Å². The minimum absolute atomic E-state index is 0.923. The van der Waals surface area contributed by atoms with Crippen LogP contribution in [0.25, 0.3) is 10.2 Å². The highest BCUT2D eigenvalue weighted by Crippen LogP contribution is 2.30. The van der Waals surface area contributed by atoms with E-state index in [1.54, 1.807) is 11.3 Å². The van der Waals surface area contributed by atoms with Crippen LogP contribution in [-0.4, -0.2) is 4.98 Å². The summed E-state index contributed by atoms with van der Waals surface area (Å²) < 4.78 is 2.25. The molecule has 2 nitrogen and oxygen atoms in total. The number of hydrogen-bond acceptors (Lipinski definition) is 3. The van der Waals surface area contributed by atoms with Crippen molar-refractivity contribution in [3.05, 3.63) is 52.5 Å². The average Bonchev–Trinajstić information content (AvgIpc) is 2.73. The molecule has 0 aliphatic heterocycles. The van der Waals surface area contributed by atoms with Crippen molar-refractivity contribution in [2.45, 2.75) is 6.92 Å². The van der Waals surface area contributed by atoms with Crippen molar-refractivity contribution in [2.24, 2.45) is 0 Å². The summed E-state index contributed by atoms with van der Waals surface area (Å²) in [7, 11) is 0. The summed E-state index contributed by atoms with van der Waals surface area (Å²) >= 11 is 5.12. The van der Waals surface area contributed by atoms with Crippen LogP contribution in [0.2, 0.25) is 0 Å². The summed E-state index contributed by atoms with van der Waals surface area (Å²) in [4.78, 5) is 4.57. The summed E-state index contributed by atoms with van der Waals surface area (Å²) in [5.41, 5.74) is 3.34. The zero-order valence-electron chi connectivity index (χ0n) is 9.77. The zero-order valence-corrected chi connectivity index (χ0v) is 12.2. The number of fused-ring (bicyclic) bond motifs is 1. The van der Waals surface area contributed by atoms with Crippen LogP contribution in [-0.2, 0) is 0 Å². The third-order valence-electron chi connectivity index (χ3n) is 2.65.